The number of aryl methyl sites for hydroxylation is 3. The third-order valence-electron chi connectivity index (χ3n) is 6.67. The number of hydrogen-bond acceptors (Lipinski definition) is 4. The van der Waals surface area contributed by atoms with Gasteiger partial charge in [-0.1, -0.05) is 66.6 Å². The smallest absolute Gasteiger partial charge is 0.264 e. The molecule has 1 atom stereocenters. The zero-order chi connectivity index (χ0) is 28.7. The van der Waals surface area contributed by atoms with Crippen molar-refractivity contribution in [2.45, 2.75) is 58.5 Å². The van der Waals surface area contributed by atoms with Gasteiger partial charge in [0.15, 0.2) is 0 Å². The van der Waals surface area contributed by atoms with Crippen LogP contribution < -0.4 is 9.62 Å². The van der Waals surface area contributed by atoms with Crippen LogP contribution in [0.3, 0.4) is 0 Å². The van der Waals surface area contributed by atoms with E-state index in [9.17, 15) is 18.0 Å². The summed E-state index contributed by atoms with van der Waals surface area (Å²) in [5.41, 5.74) is 3.80. The van der Waals surface area contributed by atoms with Crippen LogP contribution in [0.1, 0.15) is 42.5 Å². The normalized spacial score (nSPS) is 12.1. The fourth-order valence-electron chi connectivity index (χ4n) is 4.29. The van der Waals surface area contributed by atoms with E-state index < -0.39 is 28.5 Å². The van der Waals surface area contributed by atoms with E-state index in [2.05, 4.69) is 5.32 Å². The number of sulfonamides is 1. The number of halogens is 1. The van der Waals surface area contributed by atoms with Crippen molar-refractivity contribution >= 4 is 39.1 Å². The van der Waals surface area contributed by atoms with Crippen molar-refractivity contribution in [1.82, 2.24) is 10.2 Å². The fourth-order valence-corrected chi connectivity index (χ4v) is 5.87. The number of benzene rings is 3. The Morgan fingerprint density at radius 1 is 0.923 bits per heavy atom. The van der Waals surface area contributed by atoms with Crippen molar-refractivity contribution in [3.63, 3.8) is 0 Å². The van der Waals surface area contributed by atoms with Crippen molar-refractivity contribution in [2.24, 2.45) is 0 Å². The number of carbonyl (C=O) groups is 2. The van der Waals surface area contributed by atoms with Gasteiger partial charge < -0.3 is 10.2 Å². The van der Waals surface area contributed by atoms with Gasteiger partial charge in [-0.05, 0) is 75.1 Å². The van der Waals surface area contributed by atoms with E-state index in [1.807, 2.05) is 58.9 Å². The van der Waals surface area contributed by atoms with Gasteiger partial charge in [0, 0.05) is 18.1 Å². The molecule has 0 unspecified atom stereocenters. The lowest BCUT2D eigenvalue weighted by atomic mass is 10.1. The Hall–Kier alpha value is -3.36. The Morgan fingerprint density at radius 3 is 2.18 bits per heavy atom. The first-order valence-electron chi connectivity index (χ1n) is 13.0. The second-order valence-electron chi connectivity index (χ2n) is 9.52. The van der Waals surface area contributed by atoms with E-state index in [0.29, 0.717) is 18.0 Å². The number of hydrogen-bond donors (Lipinski definition) is 1. The highest BCUT2D eigenvalue weighted by molar-refractivity contribution is 7.92. The third-order valence-corrected chi connectivity index (χ3v) is 8.87. The summed E-state index contributed by atoms with van der Waals surface area (Å²) < 4.78 is 28.9. The minimum absolute atomic E-state index is 0.0545. The van der Waals surface area contributed by atoms with E-state index >= 15 is 0 Å². The third kappa shape index (κ3) is 7.19. The van der Waals surface area contributed by atoms with Crippen LogP contribution in [-0.4, -0.2) is 44.3 Å². The summed E-state index contributed by atoms with van der Waals surface area (Å²) in [4.78, 5) is 28.6. The Labute approximate surface area is 236 Å². The van der Waals surface area contributed by atoms with Gasteiger partial charge in [-0.25, -0.2) is 8.42 Å². The Bertz CT molecular complexity index is 1420. The molecule has 39 heavy (non-hydrogen) atoms. The van der Waals surface area contributed by atoms with Gasteiger partial charge in [0.2, 0.25) is 11.8 Å². The summed E-state index contributed by atoms with van der Waals surface area (Å²) >= 11 is 6.38. The number of nitrogens with one attached hydrogen (secondary N) is 1. The van der Waals surface area contributed by atoms with Gasteiger partial charge in [0.05, 0.1) is 10.6 Å². The average Bonchev–Trinajstić information content (AvgIpc) is 2.90. The number of amides is 2. The SMILES string of the molecule is CCNC(=O)[C@H](CC)N(Cc1ccccc1C)C(=O)CN(c1ccc(C)c(Cl)c1)S(=O)(=O)c1ccc(C)cc1. The van der Waals surface area contributed by atoms with Crippen LogP contribution in [0.4, 0.5) is 5.69 Å². The highest BCUT2D eigenvalue weighted by atomic mass is 35.5. The Balaban J connectivity index is 2.10. The molecule has 2 amide bonds. The molecular weight excluding hydrogens is 534 g/mol. The standard InChI is InChI=1S/C30H36ClN3O4S/c1-6-28(30(36)32-7-2)33(19-24-11-9-8-10-22(24)4)29(35)20-34(25-15-14-23(5)27(31)18-25)39(37,38)26-16-12-21(3)13-17-26/h8-18,28H,6-7,19-20H2,1-5H3,(H,32,36)/t28-/m0/s1. The quantitative estimate of drug-likeness (QED) is 0.335. The summed E-state index contributed by atoms with van der Waals surface area (Å²) in [6.07, 6.45) is 0.366. The minimum Gasteiger partial charge on any atom is -0.355 e. The van der Waals surface area contributed by atoms with Gasteiger partial charge in [0.1, 0.15) is 12.6 Å². The van der Waals surface area contributed by atoms with Crippen molar-refractivity contribution in [2.75, 3.05) is 17.4 Å². The van der Waals surface area contributed by atoms with Gasteiger partial charge in [-0.3, -0.25) is 13.9 Å². The van der Waals surface area contributed by atoms with Crippen LogP contribution in [0.25, 0.3) is 0 Å². The van der Waals surface area contributed by atoms with E-state index in [4.69, 9.17) is 11.6 Å². The lowest BCUT2D eigenvalue weighted by Crippen LogP contribution is -2.52. The fraction of sp³-hybridized carbons (Fsp3) is 0.333. The molecule has 0 fully saturated rings. The topological polar surface area (TPSA) is 86.8 Å². The van der Waals surface area contributed by atoms with Crippen LogP contribution in [0.15, 0.2) is 71.6 Å². The van der Waals surface area contributed by atoms with Gasteiger partial charge in [-0.2, -0.15) is 0 Å². The molecule has 0 bridgehead atoms. The predicted molar refractivity (Wildman–Crippen MR) is 156 cm³/mol. The van der Waals surface area contributed by atoms with Gasteiger partial charge in [0.25, 0.3) is 10.0 Å². The monoisotopic (exact) mass is 569 g/mol. The minimum atomic E-state index is -4.15. The summed E-state index contributed by atoms with van der Waals surface area (Å²) in [5, 5.41) is 3.19. The Kier molecular flexibility index (Phi) is 10.2. The van der Waals surface area contributed by atoms with E-state index in [0.717, 1.165) is 26.6 Å². The highest BCUT2D eigenvalue weighted by Gasteiger charge is 2.33. The van der Waals surface area contributed by atoms with E-state index in [-0.39, 0.29) is 23.0 Å². The molecule has 3 rings (SSSR count). The first-order chi connectivity index (χ1) is 18.5. The van der Waals surface area contributed by atoms with E-state index in [1.54, 1.807) is 30.3 Å². The molecule has 208 valence electrons. The van der Waals surface area contributed by atoms with Crippen LogP contribution in [0.5, 0.6) is 0 Å². The van der Waals surface area contributed by atoms with Crippen molar-refractivity contribution in [3.8, 4) is 0 Å². The largest absolute Gasteiger partial charge is 0.355 e. The van der Waals surface area contributed by atoms with Crippen molar-refractivity contribution in [1.29, 1.82) is 0 Å². The summed E-state index contributed by atoms with van der Waals surface area (Å²) in [6, 6.07) is 18.2. The lowest BCUT2D eigenvalue weighted by molar-refractivity contribution is -0.140. The highest BCUT2D eigenvalue weighted by Crippen LogP contribution is 2.29. The summed E-state index contributed by atoms with van der Waals surface area (Å²) in [5.74, 6) is -0.781. The second-order valence-corrected chi connectivity index (χ2v) is 11.8. The molecule has 1 N–H and O–H groups in total. The number of likely N-dealkylation sites (N-methyl/N-ethyl adjacent to an activating group) is 1. The van der Waals surface area contributed by atoms with E-state index in [1.165, 1.54) is 17.0 Å². The van der Waals surface area contributed by atoms with Crippen LogP contribution >= 0.6 is 11.6 Å². The average molecular weight is 570 g/mol. The van der Waals surface area contributed by atoms with Crippen LogP contribution in [0, 0.1) is 20.8 Å². The second kappa shape index (κ2) is 13.1. The zero-order valence-corrected chi connectivity index (χ0v) is 24.6. The molecule has 3 aromatic carbocycles. The molecule has 9 heteroatoms. The van der Waals surface area contributed by atoms with Crippen molar-refractivity contribution < 1.29 is 18.0 Å². The first kappa shape index (κ1) is 30.2. The molecule has 0 aromatic heterocycles. The molecule has 0 saturated heterocycles. The molecule has 7 nitrogen and oxygen atoms in total. The summed E-state index contributed by atoms with van der Waals surface area (Å²) in [7, 11) is -4.15. The summed E-state index contributed by atoms with van der Waals surface area (Å²) in [6.45, 7) is 9.34. The molecule has 0 aliphatic carbocycles. The Morgan fingerprint density at radius 2 is 1.59 bits per heavy atom. The molecule has 0 radical (unpaired) electrons. The molecule has 0 aliphatic heterocycles. The van der Waals surface area contributed by atoms with Gasteiger partial charge in [-0.15, -0.1) is 0 Å². The molecule has 0 heterocycles. The van der Waals surface area contributed by atoms with Crippen LogP contribution in [0.2, 0.25) is 5.02 Å². The maximum atomic E-state index is 14.0. The zero-order valence-electron chi connectivity index (χ0n) is 23.1. The molecular formula is C30H36ClN3O4S. The number of rotatable bonds is 11. The molecule has 0 saturated carbocycles. The maximum absolute atomic E-state index is 14.0. The number of anilines is 1. The number of nitrogens with zero attached hydrogens (tertiary/aromatic N) is 2. The number of carbonyl (C=O) groups excluding carboxylic acids is 2. The lowest BCUT2D eigenvalue weighted by Gasteiger charge is -2.33. The first-order valence-corrected chi connectivity index (χ1v) is 14.8. The van der Waals surface area contributed by atoms with Crippen molar-refractivity contribution in [3.05, 3.63) is 94.0 Å². The predicted octanol–water partition coefficient (Wildman–Crippen LogP) is 5.40. The molecule has 3 aromatic rings. The molecule has 0 spiro atoms. The maximum Gasteiger partial charge on any atom is 0.264 e. The van der Waals surface area contributed by atoms with Crippen LogP contribution in [-0.2, 0) is 26.2 Å². The molecule has 0 aliphatic rings. The van der Waals surface area contributed by atoms with Gasteiger partial charge >= 0.3 is 0 Å².